The lowest BCUT2D eigenvalue weighted by molar-refractivity contribution is -0.134. The van der Waals surface area contributed by atoms with Gasteiger partial charge in [-0.25, -0.2) is 4.79 Å². The second kappa shape index (κ2) is 4.70. The smallest absolute Gasteiger partial charge is 0.312 e. The molecule has 21 heavy (non-hydrogen) atoms. The van der Waals surface area contributed by atoms with Crippen molar-refractivity contribution in [2.45, 2.75) is 57.5 Å². The molecule has 1 unspecified atom stereocenters. The molecule has 2 aliphatic heterocycles. The van der Waals surface area contributed by atoms with Crippen molar-refractivity contribution in [3.8, 4) is 0 Å². The van der Waals surface area contributed by atoms with Crippen LogP contribution in [0.2, 0.25) is 0 Å². The van der Waals surface area contributed by atoms with Crippen LogP contribution < -0.4 is 0 Å². The van der Waals surface area contributed by atoms with E-state index in [0.717, 1.165) is 25.9 Å². The van der Waals surface area contributed by atoms with Crippen LogP contribution in [0.25, 0.3) is 0 Å². The molecule has 2 heterocycles. The SMILES string of the molecule is CN1C(=O)N(C)C2(CCN(C3CCC(C)(C)C3)CC2)C1=O. The third kappa shape index (κ3) is 2.17. The molecule has 1 atom stereocenters. The summed E-state index contributed by atoms with van der Waals surface area (Å²) >= 11 is 0. The maximum absolute atomic E-state index is 12.5. The lowest BCUT2D eigenvalue weighted by atomic mass is 9.85. The van der Waals surface area contributed by atoms with Crippen molar-refractivity contribution >= 4 is 11.9 Å². The van der Waals surface area contributed by atoms with Crippen molar-refractivity contribution in [3.05, 3.63) is 0 Å². The molecule has 0 aromatic heterocycles. The molecule has 2 saturated heterocycles. The summed E-state index contributed by atoms with van der Waals surface area (Å²) < 4.78 is 0. The van der Waals surface area contributed by atoms with Gasteiger partial charge >= 0.3 is 6.03 Å². The summed E-state index contributed by atoms with van der Waals surface area (Å²) in [5.41, 5.74) is -0.119. The van der Waals surface area contributed by atoms with Gasteiger partial charge in [0.1, 0.15) is 5.54 Å². The van der Waals surface area contributed by atoms with Crippen LogP contribution in [0.4, 0.5) is 4.79 Å². The first-order chi connectivity index (χ1) is 9.77. The van der Waals surface area contributed by atoms with Crippen LogP contribution in [0.3, 0.4) is 0 Å². The highest BCUT2D eigenvalue weighted by Gasteiger charge is 2.55. The molecule has 1 aliphatic carbocycles. The molecule has 5 heteroatoms. The quantitative estimate of drug-likeness (QED) is 0.694. The van der Waals surface area contributed by atoms with Crippen LogP contribution in [-0.2, 0) is 4.79 Å². The van der Waals surface area contributed by atoms with Crippen molar-refractivity contribution in [2.75, 3.05) is 27.2 Å². The summed E-state index contributed by atoms with van der Waals surface area (Å²) in [5, 5.41) is 0. The highest BCUT2D eigenvalue weighted by atomic mass is 16.2. The van der Waals surface area contributed by atoms with Crippen LogP contribution in [0.5, 0.6) is 0 Å². The zero-order chi connectivity index (χ0) is 15.4. The van der Waals surface area contributed by atoms with Gasteiger partial charge in [0.15, 0.2) is 0 Å². The van der Waals surface area contributed by atoms with Crippen molar-refractivity contribution in [2.24, 2.45) is 5.41 Å². The number of rotatable bonds is 1. The number of hydrogen-bond acceptors (Lipinski definition) is 3. The van der Waals surface area contributed by atoms with Gasteiger partial charge in [-0.2, -0.15) is 0 Å². The van der Waals surface area contributed by atoms with E-state index in [0.29, 0.717) is 11.5 Å². The number of likely N-dealkylation sites (N-methyl/N-ethyl adjacent to an activating group) is 2. The minimum atomic E-state index is -0.573. The van der Waals surface area contributed by atoms with Gasteiger partial charge in [0.05, 0.1) is 0 Å². The zero-order valence-corrected chi connectivity index (χ0v) is 13.7. The molecule has 0 N–H and O–H groups in total. The minimum Gasteiger partial charge on any atom is -0.312 e. The summed E-state index contributed by atoms with van der Waals surface area (Å²) in [5.74, 6) is -0.0126. The fourth-order valence-corrected chi connectivity index (χ4v) is 4.47. The molecule has 0 aromatic carbocycles. The van der Waals surface area contributed by atoms with E-state index in [9.17, 15) is 9.59 Å². The summed E-state index contributed by atoms with van der Waals surface area (Å²) in [4.78, 5) is 30.0. The van der Waals surface area contributed by atoms with Crippen molar-refractivity contribution < 1.29 is 9.59 Å². The average molecular weight is 293 g/mol. The van der Waals surface area contributed by atoms with E-state index in [1.54, 1.807) is 19.0 Å². The summed E-state index contributed by atoms with van der Waals surface area (Å²) in [6, 6.07) is 0.503. The molecule has 5 nitrogen and oxygen atoms in total. The monoisotopic (exact) mass is 293 g/mol. The molecule has 118 valence electrons. The number of imide groups is 1. The number of carbonyl (C=O) groups excluding carboxylic acids is 2. The summed E-state index contributed by atoms with van der Waals surface area (Å²) in [7, 11) is 3.37. The normalized spacial score (nSPS) is 32.5. The van der Waals surface area contributed by atoms with E-state index in [2.05, 4.69) is 18.7 Å². The van der Waals surface area contributed by atoms with E-state index < -0.39 is 5.54 Å². The third-order valence-electron chi connectivity index (χ3n) is 6.00. The van der Waals surface area contributed by atoms with E-state index in [1.165, 1.54) is 24.2 Å². The van der Waals surface area contributed by atoms with E-state index >= 15 is 0 Å². The molecule has 1 saturated carbocycles. The van der Waals surface area contributed by atoms with Gasteiger partial charge in [-0.15, -0.1) is 0 Å². The van der Waals surface area contributed by atoms with Crippen LogP contribution in [-0.4, -0.2) is 65.4 Å². The second-order valence-corrected chi connectivity index (χ2v) is 7.83. The number of amides is 3. The van der Waals surface area contributed by atoms with Crippen LogP contribution in [0.1, 0.15) is 46.0 Å². The van der Waals surface area contributed by atoms with Crippen LogP contribution in [0, 0.1) is 5.41 Å². The fourth-order valence-electron chi connectivity index (χ4n) is 4.47. The Morgan fingerprint density at radius 3 is 2.10 bits per heavy atom. The molecular formula is C16H27N3O2. The van der Waals surface area contributed by atoms with Gasteiger partial charge in [0.2, 0.25) is 0 Å². The summed E-state index contributed by atoms with van der Waals surface area (Å²) in [6.45, 7) is 6.55. The van der Waals surface area contributed by atoms with Crippen molar-refractivity contribution in [3.63, 3.8) is 0 Å². The number of urea groups is 1. The highest BCUT2D eigenvalue weighted by Crippen LogP contribution is 2.42. The van der Waals surface area contributed by atoms with E-state index in [1.807, 2.05) is 0 Å². The number of piperidine rings is 1. The van der Waals surface area contributed by atoms with Gasteiger partial charge < -0.3 is 9.80 Å². The molecule has 0 bridgehead atoms. The molecule has 1 spiro atoms. The zero-order valence-electron chi connectivity index (χ0n) is 13.7. The van der Waals surface area contributed by atoms with E-state index in [4.69, 9.17) is 0 Å². The Morgan fingerprint density at radius 2 is 1.67 bits per heavy atom. The third-order valence-corrected chi connectivity index (χ3v) is 6.00. The van der Waals surface area contributed by atoms with Gasteiger partial charge in [-0.05, 0) is 37.5 Å². The highest BCUT2D eigenvalue weighted by molar-refractivity contribution is 6.06. The minimum absolute atomic E-state index is 0.0126. The number of carbonyl (C=O) groups is 2. The Bertz CT molecular complexity index is 466. The van der Waals surface area contributed by atoms with Crippen LogP contribution >= 0.6 is 0 Å². The molecule has 0 aromatic rings. The van der Waals surface area contributed by atoms with Gasteiger partial charge in [0.25, 0.3) is 5.91 Å². The largest absolute Gasteiger partial charge is 0.327 e. The molecule has 3 fully saturated rings. The maximum atomic E-state index is 12.5. The lowest BCUT2D eigenvalue weighted by Gasteiger charge is -2.43. The van der Waals surface area contributed by atoms with E-state index in [-0.39, 0.29) is 11.9 Å². The number of hydrogen-bond donors (Lipinski definition) is 0. The van der Waals surface area contributed by atoms with Gasteiger partial charge in [-0.1, -0.05) is 13.8 Å². The Morgan fingerprint density at radius 1 is 1.05 bits per heavy atom. The molecular weight excluding hydrogens is 266 g/mol. The predicted octanol–water partition coefficient (Wildman–Crippen LogP) is 1.92. The molecule has 3 amide bonds. The average Bonchev–Trinajstić information content (AvgIpc) is 2.89. The Labute approximate surface area is 127 Å². The number of nitrogens with zero attached hydrogens (tertiary/aromatic N) is 3. The maximum Gasteiger partial charge on any atom is 0.327 e. The first-order valence-corrected chi connectivity index (χ1v) is 8.07. The van der Waals surface area contributed by atoms with Crippen molar-refractivity contribution in [1.29, 1.82) is 0 Å². The molecule has 3 rings (SSSR count). The van der Waals surface area contributed by atoms with Gasteiger partial charge in [-0.3, -0.25) is 9.69 Å². The summed E-state index contributed by atoms with van der Waals surface area (Å²) in [6.07, 6.45) is 5.36. The topological polar surface area (TPSA) is 43.9 Å². The standard InChI is InChI=1S/C16H27N3O2/c1-15(2)6-5-12(11-15)19-9-7-16(8-10-19)13(20)17(3)14(21)18(16)4/h12H,5-11H2,1-4H3. The first-order valence-electron chi connectivity index (χ1n) is 8.07. The van der Waals surface area contributed by atoms with Gasteiger partial charge in [0, 0.05) is 33.2 Å². The molecule has 3 aliphatic rings. The fraction of sp³-hybridized carbons (Fsp3) is 0.875. The number of likely N-dealkylation sites (tertiary alicyclic amines) is 1. The molecule has 0 radical (unpaired) electrons. The lowest BCUT2D eigenvalue weighted by Crippen LogP contribution is -2.56. The first kappa shape index (κ1) is 14.8. The Kier molecular flexibility index (Phi) is 3.32. The Hall–Kier alpha value is -1.10. The van der Waals surface area contributed by atoms with Crippen LogP contribution in [0.15, 0.2) is 0 Å². The van der Waals surface area contributed by atoms with Crippen molar-refractivity contribution in [1.82, 2.24) is 14.7 Å². The second-order valence-electron chi connectivity index (χ2n) is 7.83. The Balaban J connectivity index is 1.68. The predicted molar refractivity (Wildman–Crippen MR) is 80.9 cm³/mol.